The van der Waals surface area contributed by atoms with Gasteiger partial charge in [-0.25, -0.2) is 0 Å². The monoisotopic (exact) mass is 154 g/mol. The molecule has 0 saturated carbocycles. The molecule has 8 heavy (non-hydrogen) atoms. The van der Waals surface area contributed by atoms with E-state index in [1.807, 2.05) is 6.92 Å². The lowest BCUT2D eigenvalue weighted by atomic mass is 10.8. The lowest BCUT2D eigenvalue weighted by Crippen LogP contribution is -2.19. The number of hydrogen-bond acceptors (Lipinski definition) is 3. The maximum atomic E-state index is 10.7. The van der Waals surface area contributed by atoms with Gasteiger partial charge in [0.05, 0.1) is 6.64 Å². The molecule has 0 aliphatic rings. The molecule has 0 aromatic rings. The Balaban J connectivity index is 3.55. The molecule has 0 rings (SSSR count). The van der Waals surface area contributed by atoms with Crippen LogP contribution >= 0.6 is 6.64 Å². The first-order valence-corrected chi connectivity index (χ1v) is 4.88. The molecule has 0 heterocycles. The highest BCUT2D eigenvalue weighted by Crippen LogP contribution is 2.28. The molecule has 0 fully saturated rings. The third kappa shape index (κ3) is 3.52. The Bertz CT molecular complexity index is 107. The van der Waals surface area contributed by atoms with E-state index in [0.29, 0.717) is 6.54 Å². The van der Waals surface area contributed by atoms with E-state index in [1.54, 1.807) is 0 Å². The lowest BCUT2D eigenvalue weighted by molar-refractivity contribution is -0.183. The zero-order valence-electron chi connectivity index (χ0n) is 4.88. The molecule has 0 aliphatic heterocycles. The van der Waals surface area contributed by atoms with Gasteiger partial charge in [0.25, 0.3) is 0 Å². The van der Waals surface area contributed by atoms with Crippen LogP contribution in [0.2, 0.25) is 0 Å². The average molecular weight is 154 g/mol. The third-order valence-electron chi connectivity index (χ3n) is 0.592. The Kier molecular flexibility index (Phi) is 3.77. The lowest BCUT2D eigenvalue weighted by Gasteiger charge is -2.25. The summed E-state index contributed by atoms with van der Waals surface area (Å²) >= 11 is 4.47. The van der Waals surface area contributed by atoms with Crippen LogP contribution < -0.4 is 9.98 Å². The molecule has 0 radical (unpaired) electrons. The molecule has 0 aromatic heterocycles. The normalized spacial score (nSPS) is 17.9. The maximum Gasteiger partial charge on any atom is 0.0551 e. The van der Waals surface area contributed by atoms with Crippen molar-refractivity contribution in [2.75, 3.05) is 13.7 Å². The highest BCUT2D eigenvalue weighted by molar-refractivity contribution is 8.07. The van der Waals surface area contributed by atoms with Gasteiger partial charge < -0.3 is 9.42 Å². The van der Waals surface area contributed by atoms with E-state index in [4.69, 9.17) is 0 Å². The molecule has 1 atom stereocenters. The Morgan fingerprint density at radius 2 is 2.38 bits per heavy atom. The van der Waals surface area contributed by atoms with Gasteiger partial charge in [-0.05, 0) is 6.54 Å². The molecule has 5 heteroatoms. The van der Waals surface area contributed by atoms with E-state index >= 15 is 0 Å². The maximum absolute atomic E-state index is 10.7. The minimum absolute atomic E-state index is 0.578. The molecule has 0 spiro atoms. The predicted molar refractivity (Wildman–Crippen MR) is 35.0 cm³/mol. The zero-order chi connectivity index (χ0) is 6.62. The van der Waals surface area contributed by atoms with Crippen molar-refractivity contribution in [1.29, 1.82) is 0 Å². The molecule has 0 aliphatic carbocycles. The van der Waals surface area contributed by atoms with Crippen LogP contribution in [0.5, 0.6) is 0 Å². The summed E-state index contributed by atoms with van der Waals surface area (Å²) in [6.45, 7) is -0.445. The van der Waals surface area contributed by atoms with Crippen LogP contribution in [0.15, 0.2) is 0 Å². The van der Waals surface area contributed by atoms with Crippen LogP contribution in [0.1, 0.15) is 6.92 Å². The van der Waals surface area contributed by atoms with Gasteiger partial charge in [-0.2, -0.15) is 0 Å². The summed E-state index contributed by atoms with van der Waals surface area (Å²) in [6, 6.07) is 0. The highest BCUT2D eigenvalue weighted by Gasteiger charge is 1.92. The fourth-order valence-corrected chi connectivity index (χ4v) is 1.16. The van der Waals surface area contributed by atoms with E-state index in [-0.39, 0.29) is 0 Å². The molecule has 0 saturated heterocycles. The number of hydrogen-bond donors (Lipinski definition) is 1. The predicted octanol–water partition coefficient (Wildman–Crippen LogP) is -0.173. The topological polar surface area (TPSA) is 44.3 Å². The molecule has 0 aromatic carbocycles. The highest BCUT2D eigenvalue weighted by atomic mass is 32.5. The molecule has 0 bridgehead atoms. The SMILES string of the molecule is CCNP([O-])(=S)OC. The number of nitrogens with one attached hydrogen (secondary N) is 1. The van der Waals surface area contributed by atoms with Crippen molar-refractivity contribution in [1.82, 2.24) is 5.09 Å². The van der Waals surface area contributed by atoms with Crippen molar-refractivity contribution >= 4 is 18.4 Å². The molecule has 1 unspecified atom stereocenters. The molecule has 0 amide bonds. The van der Waals surface area contributed by atoms with E-state index in [1.165, 1.54) is 7.11 Å². The standard InChI is InChI=1S/C3H10NO2PS/c1-3-4-7(5,8)6-2/h3H2,1-2H3,(H2,4,5,8)/p-1. The van der Waals surface area contributed by atoms with Gasteiger partial charge in [-0.3, -0.25) is 5.09 Å². The zero-order valence-corrected chi connectivity index (χ0v) is 6.59. The first-order valence-electron chi connectivity index (χ1n) is 2.24. The second-order valence-corrected chi connectivity index (χ2v) is 4.31. The Morgan fingerprint density at radius 1 is 1.88 bits per heavy atom. The number of rotatable bonds is 3. The van der Waals surface area contributed by atoms with Gasteiger partial charge in [0.1, 0.15) is 0 Å². The van der Waals surface area contributed by atoms with E-state index in [0.717, 1.165) is 0 Å². The van der Waals surface area contributed by atoms with Crippen LogP contribution in [-0.2, 0) is 16.3 Å². The molecule has 3 nitrogen and oxygen atoms in total. The fourth-order valence-electron chi connectivity index (χ4n) is 0.258. The minimum Gasteiger partial charge on any atom is -0.789 e. The Labute approximate surface area is 54.3 Å². The largest absolute Gasteiger partial charge is 0.789 e. The van der Waals surface area contributed by atoms with E-state index in [2.05, 4.69) is 21.4 Å². The first kappa shape index (κ1) is 8.53. The first-order chi connectivity index (χ1) is 3.62. The van der Waals surface area contributed by atoms with Crippen LogP contribution in [0, 0.1) is 0 Å². The van der Waals surface area contributed by atoms with Crippen molar-refractivity contribution in [3.63, 3.8) is 0 Å². The second kappa shape index (κ2) is 3.54. The van der Waals surface area contributed by atoms with Gasteiger partial charge >= 0.3 is 0 Å². The van der Waals surface area contributed by atoms with Crippen molar-refractivity contribution < 1.29 is 9.42 Å². The van der Waals surface area contributed by atoms with E-state index < -0.39 is 6.64 Å². The van der Waals surface area contributed by atoms with Crippen molar-refractivity contribution in [2.45, 2.75) is 6.92 Å². The van der Waals surface area contributed by atoms with Gasteiger partial charge in [-0.1, -0.05) is 18.7 Å². The molecular formula is C3H9NO2PS-. The molecular weight excluding hydrogens is 145 g/mol. The van der Waals surface area contributed by atoms with Gasteiger partial charge in [0, 0.05) is 7.11 Å². The fraction of sp³-hybridized carbons (Fsp3) is 1.00. The average Bonchev–Trinajstić information content (AvgIpc) is 1.67. The van der Waals surface area contributed by atoms with E-state index in [9.17, 15) is 4.89 Å². The molecule has 50 valence electrons. The minimum atomic E-state index is -2.84. The van der Waals surface area contributed by atoms with Crippen molar-refractivity contribution in [3.05, 3.63) is 0 Å². The van der Waals surface area contributed by atoms with Crippen molar-refractivity contribution in [2.24, 2.45) is 0 Å². The molecule has 1 N–H and O–H groups in total. The summed E-state index contributed by atoms with van der Waals surface area (Å²) in [4.78, 5) is 10.7. The Morgan fingerprint density at radius 3 is 2.50 bits per heavy atom. The Hall–Kier alpha value is 0.530. The second-order valence-electron chi connectivity index (χ2n) is 1.19. The van der Waals surface area contributed by atoms with Crippen molar-refractivity contribution in [3.8, 4) is 0 Å². The third-order valence-corrected chi connectivity index (χ3v) is 2.61. The van der Waals surface area contributed by atoms with Crippen LogP contribution in [0.4, 0.5) is 0 Å². The smallest absolute Gasteiger partial charge is 0.0551 e. The van der Waals surface area contributed by atoms with Crippen LogP contribution in [0.25, 0.3) is 0 Å². The summed E-state index contributed by atoms with van der Waals surface area (Å²) in [5.74, 6) is 0. The van der Waals surface area contributed by atoms with Crippen LogP contribution in [0.3, 0.4) is 0 Å². The van der Waals surface area contributed by atoms with Crippen LogP contribution in [-0.4, -0.2) is 13.7 Å². The van der Waals surface area contributed by atoms with Gasteiger partial charge in [0.2, 0.25) is 0 Å². The summed E-state index contributed by atoms with van der Waals surface area (Å²) in [7, 11) is 1.33. The summed E-state index contributed by atoms with van der Waals surface area (Å²) in [5.41, 5.74) is 0. The quantitative estimate of drug-likeness (QED) is 0.573. The van der Waals surface area contributed by atoms with Gasteiger partial charge in [0.15, 0.2) is 0 Å². The summed E-state index contributed by atoms with van der Waals surface area (Å²) < 4.78 is 4.44. The van der Waals surface area contributed by atoms with Gasteiger partial charge in [-0.15, -0.1) is 0 Å². The summed E-state index contributed by atoms with van der Waals surface area (Å²) in [6.07, 6.45) is 0. The summed E-state index contributed by atoms with van der Waals surface area (Å²) in [5, 5.41) is 2.52.